The van der Waals surface area contributed by atoms with Crippen LogP contribution in [0.15, 0.2) is 49.6 Å². The number of allylic oxidation sites excluding steroid dienone is 4. The zero-order chi connectivity index (χ0) is 11.3. The van der Waals surface area contributed by atoms with Crippen molar-refractivity contribution in [3.63, 3.8) is 0 Å². The summed E-state index contributed by atoms with van der Waals surface area (Å²) in [5.41, 5.74) is 2.19. The first-order valence-corrected chi connectivity index (χ1v) is 5.43. The fourth-order valence-corrected chi connectivity index (χ4v) is 1.55. The summed E-state index contributed by atoms with van der Waals surface area (Å²) in [6.07, 6.45) is 8.61. The van der Waals surface area contributed by atoms with E-state index in [1.165, 1.54) is 0 Å². The van der Waals surface area contributed by atoms with Crippen molar-refractivity contribution < 1.29 is 4.74 Å². The molecule has 1 nitrogen and oxygen atoms in total. The molecule has 15 heavy (non-hydrogen) atoms. The SMILES string of the molecule is C=CC(=C)CCC1OC1CCC(=C)C=C. The van der Waals surface area contributed by atoms with Crippen LogP contribution in [-0.4, -0.2) is 12.2 Å². The lowest BCUT2D eigenvalue weighted by Crippen LogP contribution is -1.95. The lowest BCUT2D eigenvalue weighted by molar-refractivity contribution is 0.356. The second-order valence-electron chi connectivity index (χ2n) is 4.02. The van der Waals surface area contributed by atoms with Gasteiger partial charge in [0.1, 0.15) is 0 Å². The highest BCUT2D eigenvalue weighted by Crippen LogP contribution is 2.32. The Morgan fingerprint density at radius 2 is 1.33 bits per heavy atom. The topological polar surface area (TPSA) is 12.5 Å². The first-order valence-electron chi connectivity index (χ1n) is 5.43. The van der Waals surface area contributed by atoms with Gasteiger partial charge in [0.25, 0.3) is 0 Å². The van der Waals surface area contributed by atoms with Crippen molar-refractivity contribution in [3.05, 3.63) is 49.6 Å². The average molecular weight is 204 g/mol. The summed E-state index contributed by atoms with van der Waals surface area (Å²) >= 11 is 0. The van der Waals surface area contributed by atoms with Gasteiger partial charge in [-0.15, -0.1) is 0 Å². The van der Waals surface area contributed by atoms with Gasteiger partial charge in [0.15, 0.2) is 0 Å². The van der Waals surface area contributed by atoms with Gasteiger partial charge in [0, 0.05) is 0 Å². The Balaban J connectivity index is 2.07. The van der Waals surface area contributed by atoms with Crippen LogP contribution in [0.25, 0.3) is 0 Å². The van der Waals surface area contributed by atoms with Crippen molar-refractivity contribution >= 4 is 0 Å². The summed E-state index contributed by atoms with van der Waals surface area (Å²) in [5, 5.41) is 0. The molecule has 1 aliphatic rings. The van der Waals surface area contributed by atoms with Crippen LogP contribution in [0, 0.1) is 0 Å². The van der Waals surface area contributed by atoms with Crippen molar-refractivity contribution in [2.75, 3.05) is 0 Å². The van der Waals surface area contributed by atoms with Crippen molar-refractivity contribution in [2.24, 2.45) is 0 Å². The molecule has 0 saturated carbocycles. The Hall–Kier alpha value is -1.08. The second-order valence-corrected chi connectivity index (χ2v) is 4.02. The predicted octanol–water partition coefficient (Wildman–Crippen LogP) is 3.80. The molecule has 0 aromatic rings. The molecule has 2 unspecified atom stereocenters. The molecule has 1 aliphatic heterocycles. The third-order valence-corrected chi connectivity index (χ3v) is 2.76. The molecule has 82 valence electrons. The fourth-order valence-electron chi connectivity index (χ4n) is 1.55. The maximum Gasteiger partial charge on any atom is 0.0845 e. The first-order chi connectivity index (χ1) is 7.17. The van der Waals surface area contributed by atoms with Crippen molar-refractivity contribution in [1.29, 1.82) is 0 Å². The molecule has 1 saturated heterocycles. The Kier molecular flexibility index (Phi) is 4.57. The zero-order valence-corrected chi connectivity index (χ0v) is 9.37. The minimum absolute atomic E-state index is 0.430. The van der Waals surface area contributed by atoms with Crippen LogP contribution < -0.4 is 0 Å². The smallest absolute Gasteiger partial charge is 0.0845 e. The minimum atomic E-state index is 0.430. The van der Waals surface area contributed by atoms with E-state index in [0.717, 1.165) is 36.8 Å². The number of rotatable bonds is 8. The van der Waals surface area contributed by atoms with Gasteiger partial charge in [0.2, 0.25) is 0 Å². The van der Waals surface area contributed by atoms with E-state index in [4.69, 9.17) is 4.74 Å². The maximum atomic E-state index is 5.56. The zero-order valence-electron chi connectivity index (χ0n) is 9.37. The van der Waals surface area contributed by atoms with Crippen LogP contribution in [0.3, 0.4) is 0 Å². The van der Waals surface area contributed by atoms with Crippen molar-refractivity contribution in [2.45, 2.75) is 37.9 Å². The van der Waals surface area contributed by atoms with Crippen LogP contribution in [-0.2, 0) is 4.74 Å². The van der Waals surface area contributed by atoms with E-state index in [0.29, 0.717) is 12.2 Å². The molecule has 2 atom stereocenters. The summed E-state index contributed by atoms with van der Waals surface area (Å²) in [5.74, 6) is 0. The molecule has 0 aromatic carbocycles. The fraction of sp³-hybridized carbons (Fsp3) is 0.429. The molecule has 0 amide bonds. The Labute approximate surface area is 92.8 Å². The second kappa shape index (κ2) is 5.72. The van der Waals surface area contributed by atoms with Gasteiger partial charge in [-0.25, -0.2) is 0 Å². The summed E-state index contributed by atoms with van der Waals surface area (Å²) in [6, 6.07) is 0. The molecule has 0 aliphatic carbocycles. The molecular formula is C14H20O. The lowest BCUT2D eigenvalue weighted by atomic mass is 10.0. The Bertz CT molecular complexity index is 247. The van der Waals surface area contributed by atoms with Gasteiger partial charge < -0.3 is 4.74 Å². The van der Waals surface area contributed by atoms with Crippen molar-refractivity contribution in [3.8, 4) is 0 Å². The van der Waals surface area contributed by atoms with Crippen LogP contribution in [0.2, 0.25) is 0 Å². The quantitative estimate of drug-likeness (QED) is 0.433. The monoisotopic (exact) mass is 204 g/mol. The molecule has 1 fully saturated rings. The highest BCUT2D eigenvalue weighted by atomic mass is 16.6. The molecule has 0 spiro atoms. The van der Waals surface area contributed by atoms with Gasteiger partial charge in [-0.1, -0.05) is 49.6 Å². The number of epoxide rings is 1. The van der Waals surface area contributed by atoms with Gasteiger partial charge in [-0.2, -0.15) is 0 Å². The average Bonchev–Trinajstić information content (AvgIpc) is 3.01. The van der Waals surface area contributed by atoms with Crippen molar-refractivity contribution in [1.82, 2.24) is 0 Å². The van der Waals surface area contributed by atoms with E-state index in [1.807, 2.05) is 12.2 Å². The predicted molar refractivity (Wildman–Crippen MR) is 65.8 cm³/mol. The van der Waals surface area contributed by atoms with Crippen LogP contribution in [0.4, 0.5) is 0 Å². The summed E-state index contributed by atoms with van der Waals surface area (Å²) in [7, 11) is 0. The Morgan fingerprint density at radius 3 is 1.67 bits per heavy atom. The standard InChI is InChI=1S/C14H20O/c1-5-11(3)7-9-13-14(15-13)10-8-12(4)6-2/h5-6,13-14H,1-4,7-10H2. The largest absolute Gasteiger partial charge is 0.370 e. The summed E-state index contributed by atoms with van der Waals surface area (Å²) < 4.78 is 5.56. The van der Waals surface area contributed by atoms with Gasteiger partial charge in [0.05, 0.1) is 12.2 Å². The van der Waals surface area contributed by atoms with E-state index >= 15 is 0 Å². The highest BCUT2D eigenvalue weighted by Gasteiger charge is 2.37. The first kappa shape index (κ1) is 12.0. The third-order valence-electron chi connectivity index (χ3n) is 2.76. The van der Waals surface area contributed by atoms with Crippen LogP contribution in [0.5, 0.6) is 0 Å². The van der Waals surface area contributed by atoms with E-state index in [1.54, 1.807) is 0 Å². The lowest BCUT2D eigenvalue weighted by Gasteiger charge is -1.97. The highest BCUT2D eigenvalue weighted by molar-refractivity contribution is 5.12. The Morgan fingerprint density at radius 1 is 0.933 bits per heavy atom. The molecule has 1 rings (SSSR count). The van der Waals surface area contributed by atoms with E-state index in [9.17, 15) is 0 Å². The molecule has 0 N–H and O–H groups in total. The molecular weight excluding hydrogens is 184 g/mol. The molecule has 0 bridgehead atoms. The van der Waals surface area contributed by atoms with Crippen LogP contribution >= 0.6 is 0 Å². The number of ether oxygens (including phenoxy) is 1. The summed E-state index contributed by atoms with van der Waals surface area (Å²) in [4.78, 5) is 0. The van der Waals surface area contributed by atoms with Gasteiger partial charge >= 0.3 is 0 Å². The number of hydrogen-bond donors (Lipinski definition) is 0. The summed E-state index contributed by atoms with van der Waals surface area (Å²) in [6.45, 7) is 15.1. The molecule has 1 heteroatoms. The maximum absolute atomic E-state index is 5.56. The number of hydrogen-bond acceptors (Lipinski definition) is 1. The van der Waals surface area contributed by atoms with E-state index in [-0.39, 0.29) is 0 Å². The molecule has 1 heterocycles. The normalized spacial score (nSPS) is 23.2. The minimum Gasteiger partial charge on any atom is -0.370 e. The molecule has 0 radical (unpaired) electrons. The third kappa shape index (κ3) is 4.30. The van der Waals surface area contributed by atoms with Crippen LogP contribution in [0.1, 0.15) is 25.7 Å². The van der Waals surface area contributed by atoms with E-state index < -0.39 is 0 Å². The molecule has 0 aromatic heterocycles. The van der Waals surface area contributed by atoms with Gasteiger partial charge in [-0.05, 0) is 25.7 Å². The van der Waals surface area contributed by atoms with E-state index in [2.05, 4.69) is 26.3 Å². The van der Waals surface area contributed by atoms with Gasteiger partial charge in [-0.3, -0.25) is 0 Å².